The number of aromatic amines is 1. The van der Waals surface area contributed by atoms with Gasteiger partial charge in [0.2, 0.25) is 5.95 Å². The predicted octanol–water partition coefficient (Wildman–Crippen LogP) is 1.21. The molecule has 2 atom stereocenters. The topological polar surface area (TPSA) is 96.0 Å². The first-order chi connectivity index (χ1) is 12.1. The van der Waals surface area contributed by atoms with Gasteiger partial charge < -0.3 is 15.0 Å². The van der Waals surface area contributed by atoms with Crippen molar-refractivity contribution in [2.45, 2.75) is 30.9 Å². The van der Waals surface area contributed by atoms with Crippen LogP contribution < -0.4 is 5.32 Å². The van der Waals surface area contributed by atoms with E-state index in [9.17, 15) is 9.18 Å². The van der Waals surface area contributed by atoms with E-state index >= 15 is 0 Å². The lowest BCUT2D eigenvalue weighted by atomic mass is 9.88. The first-order valence-corrected chi connectivity index (χ1v) is 8.30. The van der Waals surface area contributed by atoms with Crippen molar-refractivity contribution in [1.29, 1.82) is 0 Å². The van der Waals surface area contributed by atoms with E-state index in [1.54, 1.807) is 12.3 Å². The van der Waals surface area contributed by atoms with Crippen molar-refractivity contribution < 1.29 is 13.9 Å². The molecular weight excluding hydrogens is 327 g/mol. The van der Waals surface area contributed by atoms with Crippen LogP contribution in [0.25, 0.3) is 0 Å². The standard InChI is InChI=1S/C16H19FN6O2/c17-11-7-18-15(19-8-11)21-12-6-16(25-9-12)3-1-5-23(10-16)14(24)13-2-4-20-22-13/h2,4,7-8,12H,1,3,5-6,9-10H2,(H,20,22)(H,18,19,21)/t12-,16-/m0/s1. The highest BCUT2D eigenvalue weighted by atomic mass is 19.1. The number of carbonyl (C=O) groups excluding carboxylic acids is 1. The highest BCUT2D eigenvalue weighted by molar-refractivity contribution is 5.92. The van der Waals surface area contributed by atoms with E-state index in [1.165, 1.54) is 0 Å². The van der Waals surface area contributed by atoms with E-state index in [1.807, 2.05) is 4.90 Å². The van der Waals surface area contributed by atoms with Gasteiger partial charge in [-0.25, -0.2) is 14.4 Å². The predicted molar refractivity (Wildman–Crippen MR) is 86.4 cm³/mol. The number of carbonyl (C=O) groups is 1. The third-order valence-corrected chi connectivity index (χ3v) is 4.72. The highest BCUT2D eigenvalue weighted by Gasteiger charge is 2.44. The Morgan fingerprint density at radius 2 is 2.28 bits per heavy atom. The maximum Gasteiger partial charge on any atom is 0.271 e. The van der Waals surface area contributed by atoms with E-state index in [0.29, 0.717) is 31.3 Å². The van der Waals surface area contributed by atoms with Gasteiger partial charge in [0.05, 0.1) is 37.2 Å². The summed E-state index contributed by atoms with van der Waals surface area (Å²) in [5.41, 5.74) is 0.135. The summed E-state index contributed by atoms with van der Waals surface area (Å²) in [5.74, 6) is -0.142. The molecule has 2 aliphatic rings. The molecule has 0 bridgehead atoms. The number of amides is 1. The molecule has 0 unspecified atom stereocenters. The van der Waals surface area contributed by atoms with Crippen LogP contribution in [0.15, 0.2) is 24.7 Å². The lowest BCUT2D eigenvalue weighted by Crippen LogP contribution is -2.50. The number of ether oxygens (including phenoxy) is 1. The summed E-state index contributed by atoms with van der Waals surface area (Å²) in [6, 6.07) is 1.71. The number of rotatable bonds is 3. The average molecular weight is 346 g/mol. The second kappa shape index (κ2) is 6.40. The summed E-state index contributed by atoms with van der Waals surface area (Å²) in [6.07, 6.45) is 6.38. The van der Waals surface area contributed by atoms with E-state index < -0.39 is 5.82 Å². The summed E-state index contributed by atoms with van der Waals surface area (Å²) in [6.45, 7) is 1.77. The molecule has 9 heteroatoms. The summed E-state index contributed by atoms with van der Waals surface area (Å²) < 4.78 is 19.0. The van der Waals surface area contributed by atoms with Crippen molar-refractivity contribution in [2.75, 3.05) is 25.0 Å². The Morgan fingerprint density at radius 1 is 1.44 bits per heavy atom. The Morgan fingerprint density at radius 3 is 3.04 bits per heavy atom. The van der Waals surface area contributed by atoms with Gasteiger partial charge in [-0.05, 0) is 18.9 Å². The van der Waals surface area contributed by atoms with Crippen molar-refractivity contribution in [3.05, 3.63) is 36.2 Å². The van der Waals surface area contributed by atoms with Crippen molar-refractivity contribution in [2.24, 2.45) is 0 Å². The van der Waals surface area contributed by atoms with Crippen LogP contribution in [0.5, 0.6) is 0 Å². The minimum absolute atomic E-state index is 0.0349. The average Bonchev–Trinajstić information content (AvgIpc) is 3.27. The number of nitrogens with one attached hydrogen (secondary N) is 2. The number of hydrogen-bond donors (Lipinski definition) is 2. The molecule has 0 radical (unpaired) electrons. The lowest BCUT2D eigenvalue weighted by Gasteiger charge is -2.39. The first kappa shape index (κ1) is 15.9. The molecule has 0 aromatic carbocycles. The largest absolute Gasteiger partial charge is 0.371 e. The first-order valence-electron chi connectivity index (χ1n) is 8.30. The second-order valence-corrected chi connectivity index (χ2v) is 6.56. The highest BCUT2D eigenvalue weighted by Crippen LogP contribution is 2.35. The Kier molecular flexibility index (Phi) is 4.08. The maximum atomic E-state index is 12.9. The fourth-order valence-corrected chi connectivity index (χ4v) is 3.61. The van der Waals surface area contributed by atoms with Crippen molar-refractivity contribution in [1.82, 2.24) is 25.1 Å². The lowest BCUT2D eigenvalue weighted by molar-refractivity contribution is -0.0448. The molecule has 1 spiro atoms. The van der Waals surface area contributed by atoms with Crippen LogP contribution >= 0.6 is 0 Å². The third kappa shape index (κ3) is 3.32. The van der Waals surface area contributed by atoms with Gasteiger partial charge in [0.1, 0.15) is 5.69 Å². The van der Waals surface area contributed by atoms with Crippen molar-refractivity contribution in [3.63, 3.8) is 0 Å². The molecule has 2 N–H and O–H groups in total. The van der Waals surface area contributed by atoms with E-state index in [0.717, 1.165) is 31.7 Å². The minimum Gasteiger partial charge on any atom is -0.371 e. The van der Waals surface area contributed by atoms with E-state index in [4.69, 9.17) is 4.74 Å². The summed E-state index contributed by atoms with van der Waals surface area (Å²) >= 11 is 0. The second-order valence-electron chi connectivity index (χ2n) is 6.56. The van der Waals surface area contributed by atoms with Crippen LogP contribution in [-0.4, -0.2) is 62.3 Å². The number of likely N-dealkylation sites (tertiary alicyclic amines) is 1. The van der Waals surface area contributed by atoms with Crippen LogP contribution in [0.2, 0.25) is 0 Å². The maximum absolute atomic E-state index is 12.9. The third-order valence-electron chi connectivity index (χ3n) is 4.72. The number of H-pyrrole nitrogens is 1. The number of halogens is 1. The van der Waals surface area contributed by atoms with Crippen LogP contribution in [-0.2, 0) is 4.74 Å². The molecule has 2 aromatic heterocycles. The SMILES string of the molecule is O=C(c1ccn[nH]1)N1CCC[C@]2(C[C@H](Nc3ncc(F)cn3)CO2)C1. The van der Waals surface area contributed by atoms with Gasteiger partial charge in [-0.2, -0.15) is 5.10 Å². The van der Waals surface area contributed by atoms with Crippen LogP contribution in [0.4, 0.5) is 10.3 Å². The molecule has 132 valence electrons. The Balaban J connectivity index is 1.40. The Bertz CT molecular complexity index is 738. The van der Waals surface area contributed by atoms with Gasteiger partial charge in [-0.3, -0.25) is 9.89 Å². The normalized spacial score (nSPS) is 26.1. The van der Waals surface area contributed by atoms with Gasteiger partial charge in [0.25, 0.3) is 5.91 Å². The molecular formula is C16H19FN6O2. The number of nitrogens with zero attached hydrogens (tertiary/aromatic N) is 4. The number of anilines is 1. The molecule has 2 fully saturated rings. The molecule has 4 heterocycles. The van der Waals surface area contributed by atoms with Gasteiger partial charge in [0, 0.05) is 19.2 Å². The molecule has 2 aromatic rings. The van der Waals surface area contributed by atoms with E-state index in [2.05, 4.69) is 25.5 Å². The number of hydrogen-bond acceptors (Lipinski definition) is 6. The van der Waals surface area contributed by atoms with Gasteiger partial charge >= 0.3 is 0 Å². The van der Waals surface area contributed by atoms with Gasteiger partial charge in [-0.1, -0.05) is 0 Å². The van der Waals surface area contributed by atoms with Crippen LogP contribution in [0, 0.1) is 5.82 Å². The zero-order valence-electron chi connectivity index (χ0n) is 13.6. The zero-order valence-corrected chi connectivity index (χ0v) is 13.6. The summed E-state index contributed by atoms with van der Waals surface area (Å²) in [4.78, 5) is 22.2. The summed E-state index contributed by atoms with van der Waals surface area (Å²) in [5, 5.41) is 9.73. The monoisotopic (exact) mass is 346 g/mol. The van der Waals surface area contributed by atoms with Gasteiger partial charge in [0.15, 0.2) is 5.82 Å². The molecule has 25 heavy (non-hydrogen) atoms. The number of aromatic nitrogens is 4. The summed E-state index contributed by atoms with van der Waals surface area (Å²) in [7, 11) is 0. The molecule has 0 aliphatic carbocycles. The molecule has 1 amide bonds. The Labute approximate surface area is 143 Å². The molecule has 2 saturated heterocycles. The van der Waals surface area contributed by atoms with Crippen LogP contribution in [0.3, 0.4) is 0 Å². The quantitative estimate of drug-likeness (QED) is 0.867. The van der Waals surface area contributed by atoms with Crippen LogP contribution in [0.1, 0.15) is 29.8 Å². The molecule has 4 rings (SSSR count). The zero-order chi connectivity index (χ0) is 17.3. The van der Waals surface area contributed by atoms with Crippen molar-refractivity contribution >= 4 is 11.9 Å². The molecule has 0 saturated carbocycles. The Hall–Kier alpha value is -2.55. The number of piperidine rings is 1. The fourth-order valence-electron chi connectivity index (χ4n) is 3.61. The van der Waals surface area contributed by atoms with E-state index in [-0.39, 0.29) is 17.6 Å². The van der Waals surface area contributed by atoms with Crippen molar-refractivity contribution in [3.8, 4) is 0 Å². The fraction of sp³-hybridized carbons (Fsp3) is 0.500. The minimum atomic E-state index is -0.468. The van der Waals surface area contributed by atoms with Gasteiger partial charge in [-0.15, -0.1) is 0 Å². The smallest absolute Gasteiger partial charge is 0.271 e. The molecule has 8 nitrogen and oxygen atoms in total. The molecule has 2 aliphatic heterocycles.